The first-order valence-electron chi connectivity index (χ1n) is 7.23. The average molecular weight is 357 g/mol. The van der Waals surface area contributed by atoms with Gasteiger partial charge in [-0.25, -0.2) is 13.2 Å². The molecule has 1 rings (SSSR count). The number of esters is 1. The molecule has 0 aliphatic rings. The van der Waals surface area contributed by atoms with Crippen LogP contribution < -0.4 is 9.62 Å². The number of rotatable bonds is 8. The Kier molecular flexibility index (Phi) is 7.18. The van der Waals surface area contributed by atoms with Crippen molar-refractivity contribution in [1.29, 1.82) is 0 Å². The molecule has 0 bridgehead atoms. The highest BCUT2D eigenvalue weighted by molar-refractivity contribution is 7.92. The van der Waals surface area contributed by atoms with E-state index in [4.69, 9.17) is 0 Å². The van der Waals surface area contributed by atoms with Gasteiger partial charge >= 0.3 is 5.97 Å². The Morgan fingerprint density at radius 2 is 1.83 bits per heavy atom. The Morgan fingerprint density at radius 1 is 1.21 bits per heavy atom. The largest absolute Gasteiger partial charge is 0.465 e. The zero-order valence-electron chi connectivity index (χ0n) is 14.3. The molecule has 9 heteroatoms. The molecule has 1 amide bonds. The smallest absolute Gasteiger partial charge is 0.340 e. The fourth-order valence-electron chi connectivity index (χ4n) is 1.96. The van der Waals surface area contributed by atoms with Gasteiger partial charge in [-0.1, -0.05) is 12.1 Å². The number of sulfonamides is 1. The van der Waals surface area contributed by atoms with Crippen molar-refractivity contribution in [3.8, 4) is 0 Å². The van der Waals surface area contributed by atoms with Crippen LogP contribution in [-0.2, 0) is 19.6 Å². The summed E-state index contributed by atoms with van der Waals surface area (Å²) in [7, 11) is 1.17. The van der Waals surface area contributed by atoms with Crippen LogP contribution in [0.25, 0.3) is 0 Å². The Bertz CT molecular complexity index is 688. The number of amides is 1. The van der Waals surface area contributed by atoms with Gasteiger partial charge in [-0.15, -0.1) is 0 Å². The second kappa shape index (κ2) is 8.65. The van der Waals surface area contributed by atoms with Crippen LogP contribution in [0, 0.1) is 0 Å². The summed E-state index contributed by atoms with van der Waals surface area (Å²) in [6, 6.07) is 6.08. The zero-order valence-corrected chi connectivity index (χ0v) is 15.1. The van der Waals surface area contributed by atoms with E-state index < -0.39 is 28.4 Å². The summed E-state index contributed by atoms with van der Waals surface area (Å²) in [5.41, 5.74) is 0.182. The minimum atomic E-state index is -3.76. The molecule has 0 radical (unpaired) electrons. The van der Waals surface area contributed by atoms with Crippen molar-refractivity contribution >= 4 is 27.6 Å². The highest BCUT2D eigenvalue weighted by Gasteiger charge is 2.25. The van der Waals surface area contributed by atoms with E-state index in [0.29, 0.717) is 13.1 Å². The first kappa shape index (κ1) is 19.9. The lowest BCUT2D eigenvalue weighted by Gasteiger charge is -2.23. The molecule has 0 aromatic heterocycles. The van der Waals surface area contributed by atoms with Crippen LogP contribution in [-0.4, -0.2) is 72.3 Å². The molecular weight excluding hydrogens is 334 g/mol. The molecule has 0 heterocycles. The van der Waals surface area contributed by atoms with E-state index in [-0.39, 0.29) is 11.3 Å². The molecule has 0 aliphatic carbocycles. The number of nitrogens with zero attached hydrogens (tertiary/aromatic N) is 2. The third-order valence-electron chi connectivity index (χ3n) is 3.15. The maximum absolute atomic E-state index is 12.1. The number of para-hydroxylation sites is 1. The summed E-state index contributed by atoms with van der Waals surface area (Å²) in [6.07, 6.45) is 0.980. The van der Waals surface area contributed by atoms with Crippen molar-refractivity contribution in [2.45, 2.75) is 0 Å². The third kappa shape index (κ3) is 5.82. The molecule has 0 atom stereocenters. The predicted octanol–water partition coefficient (Wildman–Crippen LogP) is -0.0830. The summed E-state index contributed by atoms with van der Waals surface area (Å²) < 4.78 is 29.8. The number of benzene rings is 1. The molecule has 0 aliphatic heterocycles. The van der Waals surface area contributed by atoms with Crippen molar-refractivity contribution < 1.29 is 22.7 Å². The van der Waals surface area contributed by atoms with E-state index in [0.717, 1.165) is 10.6 Å². The molecule has 0 spiro atoms. The number of nitrogens with one attached hydrogen (secondary N) is 1. The van der Waals surface area contributed by atoms with Gasteiger partial charge in [-0.3, -0.25) is 9.10 Å². The van der Waals surface area contributed by atoms with E-state index in [1.807, 2.05) is 19.0 Å². The number of hydrogen-bond acceptors (Lipinski definition) is 6. The topological polar surface area (TPSA) is 96.0 Å². The second-order valence-electron chi connectivity index (χ2n) is 5.43. The SMILES string of the molecule is COC(=O)c1ccccc1N(CC(=O)NCCN(C)C)S(C)(=O)=O. The number of carbonyl (C=O) groups excluding carboxylic acids is 2. The monoisotopic (exact) mass is 357 g/mol. The molecule has 8 nitrogen and oxygen atoms in total. The van der Waals surface area contributed by atoms with Gasteiger partial charge < -0.3 is 15.0 Å². The van der Waals surface area contributed by atoms with E-state index in [9.17, 15) is 18.0 Å². The van der Waals surface area contributed by atoms with Crippen LogP contribution in [0.3, 0.4) is 0 Å². The third-order valence-corrected chi connectivity index (χ3v) is 4.27. The van der Waals surface area contributed by atoms with Crippen molar-refractivity contribution in [2.24, 2.45) is 0 Å². The Balaban J connectivity index is 3.04. The Morgan fingerprint density at radius 3 is 2.38 bits per heavy atom. The normalized spacial score (nSPS) is 11.2. The van der Waals surface area contributed by atoms with Gasteiger partial charge in [-0.05, 0) is 26.2 Å². The summed E-state index contributed by atoms with van der Waals surface area (Å²) >= 11 is 0. The van der Waals surface area contributed by atoms with Crippen LogP contribution in [0.15, 0.2) is 24.3 Å². The molecule has 0 unspecified atom stereocenters. The van der Waals surface area contributed by atoms with Crippen LogP contribution in [0.4, 0.5) is 5.69 Å². The average Bonchev–Trinajstić information content (AvgIpc) is 2.50. The maximum Gasteiger partial charge on any atom is 0.340 e. The fraction of sp³-hybridized carbons (Fsp3) is 0.467. The predicted molar refractivity (Wildman–Crippen MR) is 91.5 cm³/mol. The standard InChI is InChI=1S/C15H23N3O5S/c1-17(2)10-9-16-14(19)11-18(24(4,21)22)13-8-6-5-7-12(13)15(20)23-3/h5-8H,9-11H2,1-4H3,(H,16,19). The molecule has 1 aromatic carbocycles. The van der Waals surface area contributed by atoms with E-state index >= 15 is 0 Å². The molecule has 134 valence electrons. The summed E-state index contributed by atoms with van der Waals surface area (Å²) in [5, 5.41) is 2.65. The van der Waals surface area contributed by atoms with Crippen LogP contribution in [0.1, 0.15) is 10.4 Å². The summed E-state index contributed by atoms with van der Waals surface area (Å²) in [4.78, 5) is 25.8. The summed E-state index contributed by atoms with van der Waals surface area (Å²) in [5.74, 6) is -1.13. The molecule has 0 saturated heterocycles. The fourth-order valence-corrected chi connectivity index (χ4v) is 2.83. The quantitative estimate of drug-likeness (QED) is 0.654. The number of methoxy groups -OCH3 is 1. The highest BCUT2D eigenvalue weighted by atomic mass is 32.2. The van der Waals surface area contributed by atoms with Gasteiger partial charge in [0.1, 0.15) is 6.54 Å². The first-order valence-corrected chi connectivity index (χ1v) is 9.08. The van der Waals surface area contributed by atoms with Crippen molar-refractivity contribution in [3.63, 3.8) is 0 Å². The highest BCUT2D eigenvalue weighted by Crippen LogP contribution is 2.23. The molecule has 1 N–H and O–H groups in total. The Hall–Kier alpha value is -2.13. The lowest BCUT2D eigenvalue weighted by molar-refractivity contribution is -0.119. The second-order valence-corrected chi connectivity index (χ2v) is 7.34. The van der Waals surface area contributed by atoms with Gasteiger partial charge in [0.05, 0.1) is 24.6 Å². The summed E-state index contributed by atoms with van der Waals surface area (Å²) in [6.45, 7) is 0.603. The maximum atomic E-state index is 12.1. The van der Waals surface area contributed by atoms with Gasteiger partial charge in [0.15, 0.2) is 0 Å². The molecule has 1 aromatic rings. The lowest BCUT2D eigenvalue weighted by atomic mass is 10.2. The van der Waals surface area contributed by atoms with Gasteiger partial charge in [0.2, 0.25) is 15.9 Å². The van der Waals surface area contributed by atoms with E-state index in [1.54, 1.807) is 12.1 Å². The minimum Gasteiger partial charge on any atom is -0.465 e. The van der Waals surface area contributed by atoms with E-state index in [2.05, 4.69) is 10.1 Å². The molecular formula is C15H23N3O5S. The van der Waals surface area contributed by atoms with Crippen molar-refractivity contribution in [3.05, 3.63) is 29.8 Å². The Labute approximate surface area is 142 Å². The first-order chi connectivity index (χ1) is 11.2. The van der Waals surface area contributed by atoms with Gasteiger partial charge in [-0.2, -0.15) is 0 Å². The minimum absolute atomic E-state index is 0.0755. The van der Waals surface area contributed by atoms with Crippen LogP contribution in [0.2, 0.25) is 0 Å². The van der Waals surface area contributed by atoms with Crippen molar-refractivity contribution in [2.75, 3.05) is 51.4 Å². The van der Waals surface area contributed by atoms with Gasteiger partial charge in [0.25, 0.3) is 0 Å². The number of anilines is 1. The number of carbonyl (C=O) groups is 2. The molecule has 0 fully saturated rings. The van der Waals surface area contributed by atoms with Crippen molar-refractivity contribution in [1.82, 2.24) is 10.2 Å². The molecule has 24 heavy (non-hydrogen) atoms. The lowest BCUT2D eigenvalue weighted by Crippen LogP contribution is -2.42. The molecule has 0 saturated carbocycles. The number of likely N-dealkylation sites (N-methyl/N-ethyl adjacent to an activating group) is 1. The number of hydrogen-bond donors (Lipinski definition) is 1. The van der Waals surface area contributed by atoms with Crippen LogP contribution >= 0.6 is 0 Å². The number of ether oxygens (including phenoxy) is 1. The van der Waals surface area contributed by atoms with E-state index in [1.165, 1.54) is 19.2 Å². The van der Waals surface area contributed by atoms with Gasteiger partial charge in [0, 0.05) is 13.1 Å². The zero-order chi connectivity index (χ0) is 18.3. The van der Waals surface area contributed by atoms with Crippen LogP contribution in [0.5, 0.6) is 0 Å².